The minimum atomic E-state index is -0.0275. The van der Waals surface area contributed by atoms with Crippen molar-refractivity contribution in [1.29, 1.82) is 0 Å². The van der Waals surface area contributed by atoms with Gasteiger partial charge in [0.05, 0.1) is 12.2 Å². The highest BCUT2D eigenvalue weighted by Crippen LogP contribution is 2.12. The summed E-state index contributed by atoms with van der Waals surface area (Å²) in [5.74, 6) is 0.714. The second-order valence-corrected chi connectivity index (χ2v) is 4.88. The Morgan fingerprint density at radius 3 is 2.36 bits per heavy atom. The Morgan fingerprint density at radius 1 is 1.23 bits per heavy atom. The highest BCUT2D eigenvalue weighted by molar-refractivity contribution is 14.0. The first-order chi connectivity index (χ1) is 9.95. The van der Waals surface area contributed by atoms with Crippen LogP contribution >= 0.6 is 24.0 Å². The molecule has 0 spiro atoms. The molecule has 1 heterocycles. The van der Waals surface area contributed by atoms with Crippen molar-refractivity contribution in [3.63, 3.8) is 0 Å². The fraction of sp³-hybridized carbons (Fsp3) is 0.643. The summed E-state index contributed by atoms with van der Waals surface area (Å²) in [4.78, 5) is 15.4. The highest BCUT2D eigenvalue weighted by atomic mass is 127. The number of nitrogens with one attached hydrogen (secondary N) is 3. The third-order valence-electron chi connectivity index (χ3n) is 3.19. The molecule has 1 aromatic heterocycles. The minimum Gasteiger partial charge on any atom is -0.357 e. The fourth-order valence-corrected chi connectivity index (χ4v) is 1.97. The molecule has 0 atom stereocenters. The summed E-state index contributed by atoms with van der Waals surface area (Å²) in [7, 11) is 1.94. The van der Waals surface area contributed by atoms with E-state index in [0.29, 0.717) is 19.6 Å². The predicted molar refractivity (Wildman–Crippen MR) is 99.6 cm³/mol. The summed E-state index contributed by atoms with van der Waals surface area (Å²) in [5, 5.41) is 13.5. The van der Waals surface area contributed by atoms with Crippen LogP contribution < -0.4 is 16.0 Å². The zero-order chi connectivity index (χ0) is 15.8. The quantitative estimate of drug-likeness (QED) is 0.275. The van der Waals surface area contributed by atoms with Crippen molar-refractivity contribution in [3.05, 3.63) is 17.0 Å². The van der Waals surface area contributed by atoms with E-state index in [-0.39, 0.29) is 29.9 Å². The number of aliphatic imine (C=N–C) groups is 1. The van der Waals surface area contributed by atoms with E-state index in [1.165, 1.54) is 6.92 Å². The van der Waals surface area contributed by atoms with Gasteiger partial charge in [-0.3, -0.25) is 9.48 Å². The lowest BCUT2D eigenvalue weighted by molar-refractivity contribution is -0.118. The lowest BCUT2D eigenvalue weighted by Crippen LogP contribution is -2.41. The molecule has 1 rings (SSSR count). The summed E-state index contributed by atoms with van der Waals surface area (Å²) in [6, 6.07) is 0. The third-order valence-corrected chi connectivity index (χ3v) is 3.19. The zero-order valence-corrected chi connectivity index (χ0v) is 16.3. The largest absolute Gasteiger partial charge is 0.357 e. The van der Waals surface area contributed by atoms with Crippen LogP contribution in [-0.2, 0) is 18.4 Å². The number of hydrogen-bond donors (Lipinski definition) is 3. The van der Waals surface area contributed by atoms with Crippen molar-refractivity contribution in [3.8, 4) is 0 Å². The van der Waals surface area contributed by atoms with E-state index in [1.54, 1.807) is 0 Å². The number of amides is 1. The minimum absolute atomic E-state index is 0. The van der Waals surface area contributed by atoms with Crippen LogP contribution in [0.1, 0.15) is 30.8 Å². The van der Waals surface area contributed by atoms with Crippen LogP contribution in [0.15, 0.2) is 4.99 Å². The molecule has 0 fully saturated rings. The number of hydrogen-bond acceptors (Lipinski definition) is 3. The van der Waals surface area contributed by atoms with E-state index in [4.69, 9.17) is 0 Å². The standard InChI is InChI=1S/C14H26N6O.HI/c1-6-15-14(17-8-7-16-12(4)21)18-9-13-10(2)19-20(5)11(13)3;/h6-9H2,1-5H3,(H,16,21)(H2,15,17,18);1H. The molecular weight excluding hydrogens is 395 g/mol. The maximum absolute atomic E-state index is 10.8. The number of carbonyl (C=O) groups excluding carboxylic acids is 1. The Kier molecular flexibility index (Phi) is 9.79. The predicted octanol–water partition coefficient (Wildman–Crippen LogP) is 0.846. The van der Waals surface area contributed by atoms with Crippen molar-refractivity contribution in [2.45, 2.75) is 34.2 Å². The van der Waals surface area contributed by atoms with Crippen LogP contribution in [0.3, 0.4) is 0 Å². The molecule has 22 heavy (non-hydrogen) atoms. The molecule has 0 aliphatic rings. The number of aryl methyl sites for hydroxylation is 2. The Bertz CT molecular complexity index is 512. The SMILES string of the molecule is CCNC(=NCc1c(C)nn(C)c1C)NCCNC(C)=O.I. The maximum atomic E-state index is 10.8. The molecule has 0 bridgehead atoms. The first-order valence-corrected chi connectivity index (χ1v) is 7.21. The van der Waals surface area contributed by atoms with E-state index in [0.717, 1.165) is 29.5 Å². The molecule has 8 heteroatoms. The van der Waals surface area contributed by atoms with Gasteiger partial charge < -0.3 is 16.0 Å². The molecule has 0 aliphatic carbocycles. The molecular formula is C14H27IN6O. The van der Waals surface area contributed by atoms with E-state index in [9.17, 15) is 4.79 Å². The van der Waals surface area contributed by atoms with Crippen molar-refractivity contribution < 1.29 is 4.79 Å². The van der Waals surface area contributed by atoms with Gasteiger partial charge in [0.1, 0.15) is 0 Å². The molecule has 0 saturated carbocycles. The van der Waals surface area contributed by atoms with Gasteiger partial charge in [-0.2, -0.15) is 5.10 Å². The van der Waals surface area contributed by atoms with Gasteiger partial charge in [-0.1, -0.05) is 0 Å². The van der Waals surface area contributed by atoms with Gasteiger partial charge in [0, 0.05) is 44.9 Å². The summed E-state index contributed by atoms with van der Waals surface area (Å²) in [5.41, 5.74) is 3.29. The van der Waals surface area contributed by atoms with Gasteiger partial charge in [-0.25, -0.2) is 4.99 Å². The molecule has 0 radical (unpaired) electrons. The number of halogens is 1. The van der Waals surface area contributed by atoms with Crippen molar-refractivity contribution in [2.75, 3.05) is 19.6 Å². The highest BCUT2D eigenvalue weighted by Gasteiger charge is 2.08. The Balaban J connectivity index is 0.00000441. The molecule has 126 valence electrons. The van der Waals surface area contributed by atoms with Crippen LogP contribution in [0.25, 0.3) is 0 Å². The summed E-state index contributed by atoms with van der Waals surface area (Å²) < 4.78 is 1.87. The number of rotatable bonds is 6. The lowest BCUT2D eigenvalue weighted by Gasteiger charge is -2.11. The van der Waals surface area contributed by atoms with E-state index < -0.39 is 0 Å². The van der Waals surface area contributed by atoms with Crippen LogP contribution in [0.4, 0.5) is 0 Å². The Labute approximate surface area is 149 Å². The third kappa shape index (κ3) is 6.63. The van der Waals surface area contributed by atoms with Crippen LogP contribution in [0, 0.1) is 13.8 Å². The van der Waals surface area contributed by atoms with Gasteiger partial charge in [0.25, 0.3) is 0 Å². The van der Waals surface area contributed by atoms with Crippen LogP contribution in [0.2, 0.25) is 0 Å². The molecule has 7 nitrogen and oxygen atoms in total. The summed E-state index contributed by atoms with van der Waals surface area (Å²) >= 11 is 0. The molecule has 3 N–H and O–H groups in total. The average molecular weight is 422 g/mol. The second kappa shape index (κ2) is 10.4. The molecule has 0 unspecified atom stereocenters. The monoisotopic (exact) mass is 422 g/mol. The first-order valence-electron chi connectivity index (χ1n) is 7.21. The maximum Gasteiger partial charge on any atom is 0.216 e. The molecule has 0 aromatic carbocycles. The number of nitrogens with zero attached hydrogens (tertiary/aromatic N) is 3. The average Bonchev–Trinajstić information content (AvgIpc) is 2.65. The Morgan fingerprint density at radius 2 is 1.86 bits per heavy atom. The van der Waals surface area contributed by atoms with Crippen molar-refractivity contribution in [2.24, 2.45) is 12.0 Å². The van der Waals surface area contributed by atoms with Gasteiger partial charge in [-0.15, -0.1) is 24.0 Å². The number of aromatic nitrogens is 2. The lowest BCUT2D eigenvalue weighted by atomic mass is 10.2. The van der Waals surface area contributed by atoms with Gasteiger partial charge in [0.2, 0.25) is 5.91 Å². The van der Waals surface area contributed by atoms with E-state index >= 15 is 0 Å². The number of carbonyl (C=O) groups is 1. The van der Waals surface area contributed by atoms with Gasteiger partial charge in [0.15, 0.2) is 5.96 Å². The fourth-order valence-electron chi connectivity index (χ4n) is 1.97. The first kappa shape index (κ1) is 20.7. The van der Waals surface area contributed by atoms with Crippen molar-refractivity contribution >= 4 is 35.8 Å². The molecule has 0 aliphatic heterocycles. The van der Waals surface area contributed by atoms with E-state index in [2.05, 4.69) is 26.0 Å². The molecule has 1 aromatic rings. The molecule has 1 amide bonds. The topological polar surface area (TPSA) is 83.3 Å². The summed E-state index contributed by atoms with van der Waals surface area (Å²) in [6.07, 6.45) is 0. The van der Waals surface area contributed by atoms with Crippen LogP contribution in [0.5, 0.6) is 0 Å². The molecule has 0 saturated heterocycles. The van der Waals surface area contributed by atoms with Crippen LogP contribution in [-0.4, -0.2) is 41.3 Å². The van der Waals surface area contributed by atoms with E-state index in [1.807, 2.05) is 32.5 Å². The van der Waals surface area contributed by atoms with Crippen molar-refractivity contribution in [1.82, 2.24) is 25.7 Å². The summed E-state index contributed by atoms with van der Waals surface area (Å²) in [6.45, 7) is 10.1. The normalized spacial score (nSPS) is 10.9. The number of guanidine groups is 1. The zero-order valence-electron chi connectivity index (χ0n) is 14.0. The smallest absolute Gasteiger partial charge is 0.216 e. The second-order valence-electron chi connectivity index (χ2n) is 4.88. The van der Waals surface area contributed by atoms with Gasteiger partial charge >= 0.3 is 0 Å². The van der Waals surface area contributed by atoms with Gasteiger partial charge in [-0.05, 0) is 20.8 Å². The Hall–Kier alpha value is -1.32.